The molecule has 64 heavy (non-hydrogen) atoms. The average molecular weight is 955 g/mol. The van der Waals surface area contributed by atoms with Crippen LogP contribution in [-0.2, 0) is 46.2 Å². The number of anilines is 1. The Balaban J connectivity index is 1.32. The lowest BCUT2D eigenvalue weighted by Crippen LogP contribution is -2.62. The summed E-state index contributed by atoms with van der Waals surface area (Å²) in [7, 11) is 1.57. The maximum absolute atomic E-state index is 14.5. The third-order valence-corrected chi connectivity index (χ3v) is 13.9. The summed E-state index contributed by atoms with van der Waals surface area (Å²) in [4.78, 5) is 44.8. The van der Waals surface area contributed by atoms with Gasteiger partial charge in [0.15, 0.2) is 17.7 Å². The number of hydrogen-bond donors (Lipinski definition) is 4. The van der Waals surface area contributed by atoms with Gasteiger partial charge in [0.25, 0.3) is 0 Å². The number of ether oxygens (including phenoxy) is 5. The van der Waals surface area contributed by atoms with Gasteiger partial charge in [0, 0.05) is 53.9 Å². The molecule has 6 rings (SSSR count). The van der Waals surface area contributed by atoms with Crippen LogP contribution in [0.1, 0.15) is 86.1 Å². The van der Waals surface area contributed by atoms with Gasteiger partial charge in [-0.05, 0) is 109 Å². The number of nitrogen functional groups attached to an aromatic ring is 1. The van der Waals surface area contributed by atoms with Crippen molar-refractivity contribution in [2.45, 2.75) is 154 Å². The lowest BCUT2D eigenvalue weighted by Gasteiger charge is -2.45. The number of carbonyl (C=O) groups excluding carboxylic acids is 3. The van der Waals surface area contributed by atoms with Crippen molar-refractivity contribution >= 4 is 39.5 Å². The smallest absolute Gasteiger partial charge is 0.410 e. The molecule has 1 aromatic heterocycles. The van der Waals surface area contributed by atoms with Crippen LogP contribution < -0.4 is 16.8 Å². The largest absolute Gasteiger partial charge is 0.458 e. The molecule has 2 aromatic carbocycles. The van der Waals surface area contributed by atoms with E-state index in [0.29, 0.717) is 69.5 Å². The molecule has 352 valence electrons. The van der Waals surface area contributed by atoms with Gasteiger partial charge in [-0.15, -0.1) is 5.10 Å². The fraction of sp³-hybridized carbons (Fsp3) is 0.638. The highest BCUT2D eigenvalue weighted by molar-refractivity contribution is 9.10. The van der Waals surface area contributed by atoms with E-state index in [4.69, 9.17) is 35.2 Å². The molecule has 16 nitrogen and oxygen atoms in total. The monoisotopic (exact) mass is 953 g/mol. The first kappa shape index (κ1) is 49.5. The van der Waals surface area contributed by atoms with E-state index in [1.165, 1.54) is 6.92 Å². The first-order chi connectivity index (χ1) is 30.4. The molecule has 0 aliphatic carbocycles. The normalized spacial score (nSPS) is 34.4. The Kier molecular flexibility index (Phi) is 16.3. The van der Waals surface area contributed by atoms with Gasteiger partial charge in [0.2, 0.25) is 0 Å². The molecule has 3 aliphatic heterocycles. The van der Waals surface area contributed by atoms with Crippen LogP contribution in [0, 0.1) is 17.8 Å². The van der Waals surface area contributed by atoms with Crippen molar-refractivity contribution in [2.24, 2.45) is 23.5 Å². The van der Waals surface area contributed by atoms with Crippen LogP contribution in [0.5, 0.6) is 0 Å². The number of amides is 1. The molecule has 4 heterocycles. The molecule has 0 spiro atoms. The van der Waals surface area contributed by atoms with E-state index < -0.39 is 83.6 Å². The number of fused-ring (bicyclic) bond motifs is 1. The maximum atomic E-state index is 14.5. The van der Waals surface area contributed by atoms with Gasteiger partial charge in [-0.2, -0.15) is 0 Å². The number of Topliss-reactive ketones (excluding diaryl/α,β-unsaturated/α-hetero) is 1. The zero-order valence-corrected chi connectivity index (χ0v) is 40.0. The number of carbonyl (C=O) groups is 3. The van der Waals surface area contributed by atoms with E-state index in [0.717, 1.165) is 15.6 Å². The molecule has 0 saturated carbocycles. The van der Waals surface area contributed by atoms with E-state index >= 15 is 0 Å². The number of ketones is 1. The van der Waals surface area contributed by atoms with Crippen LogP contribution in [-0.4, -0.2) is 123 Å². The number of aliphatic hydroxyl groups is 1. The van der Waals surface area contributed by atoms with Crippen LogP contribution in [0.2, 0.25) is 0 Å². The Morgan fingerprint density at radius 1 is 1.05 bits per heavy atom. The van der Waals surface area contributed by atoms with E-state index in [-0.39, 0.29) is 12.0 Å². The molecule has 1 amide bonds. The van der Waals surface area contributed by atoms with E-state index in [9.17, 15) is 19.5 Å². The zero-order chi connectivity index (χ0) is 46.5. The van der Waals surface area contributed by atoms with Gasteiger partial charge < -0.3 is 45.6 Å². The Bertz CT molecular complexity index is 2070. The van der Waals surface area contributed by atoms with E-state index in [2.05, 4.69) is 44.5 Å². The van der Waals surface area contributed by atoms with Crippen molar-refractivity contribution in [3.63, 3.8) is 0 Å². The summed E-state index contributed by atoms with van der Waals surface area (Å²) in [5.41, 5.74) is 13.1. The summed E-state index contributed by atoms with van der Waals surface area (Å²) >= 11 is 3.64. The summed E-state index contributed by atoms with van der Waals surface area (Å²) in [5, 5.41) is 23.7. The van der Waals surface area contributed by atoms with Gasteiger partial charge >= 0.3 is 12.1 Å². The minimum absolute atomic E-state index is 0.0817. The maximum Gasteiger partial charge on any atom is 0.410 e. The average Bonchev–Trinajstić information content (AvgIpc) is 3.83. The SMILES string of the molecule is CC[C@H]1OC(=O)[C@H](C)C(=O)[C@H](C)[C@@H](O[C@@H]2O[C@H](C)CC(N)C2O)[C@](C)(OC)C[C@@H](C)CN[C@H](Cc2cccc(Br)c2)[C@H]2N(CCCCn3cc(-c4cccc(N)c4)nn3)C(=O)O[C@]12C. The standard InChI is InChI=1S/C47H68BrN7O9/c1-9-38-47(7)41(55(45(59)64-47)19-11-10-18-54-26-37(52-53-54)32-15-13-17-34(49)23-32)36(22-31-14-12-16-33(48)21-31)51-25-27(2)24-46(6,60-8)42(29(4)39(56)30(5)43(58)62-38)63-44-40(57)35(50)20-28(3)61-44/h12-17,21,23,26-30,35-36,38,40-42,44,51,57H,9-11,18-20,22,24-25,49-50H2,1-8H3/t27-,28-,29+,30-,35?,36-,38-,40?,41-,42-,44+,46-,47-/m1/s1. The minimum Gasteiger partial charge on any atom is -0.458 e. The van der Waals surface area contributed by atoms with Gasteiger partial charge in [-0.1, -0.05) is 66.2 Å². The quantitative estimate of drug-likeness (QED) is 0.0746. The molecular weight excluding hydrogens is 886 g/mol. The van der Waals surface area contributed by atoms with E-state index in [1.54, 1.807) is 23.6 Å². The van der Waals surface area contributed by atoms with Crippen molar-refractivity contribution in [3.8, 4) is 11.3 Å². The number of aryl methyl sites for hydroxylation is 1. The van der Waals surface area contributed by atoms with Crippen molar-refractivity contribution in [3.05, 3.63) is 64.8 Å². The molecule has 3 aliphatic rings. The van der Waals surface area contributed by atoms with Gasteiger partial charge in [0.1, 0.15) is 23.8 Å². The Labute approximate surface area is 385 Å². The molecule has 0 bridgehead atoms. The first-order valence-electron chi connectivity index (χ1n) is 22.6. The number of halogens is 1. The first-order valence-corrected chi connectivity index (χ1v) is 23.4. The fourth-order valence-electron chi connectivity index (χ4n) is 9.92. The second kappa shape index (κ2) is 21.1. The third kappa shape index (κ3) is 11.2. The van der Waals surface area contributed by atoms with Crippen LogP contribution >= 0.6 is 15.9 Å². The molecule has 3 aromatic rings. The highest BCUT2D eigenvalue weighted by Gasteiger charge is 2.59. The minimum atomic E-state index is -1.32. The number of methoxy groups -OCH3 is 1. The molecule has 6 N–H and O–H groups in total. The Morgan fingerprint density at radius 3 is 2.48 bits per heavy atom. The summed E-state index contributed by atoms with van der Waals surface area (Å²) in [6, 6.07) is 13.9. The molecule has 17 heteroatoms. The molecule has 3 fully saturated rings. The number of nitrogens with zero attached hydrogens (tertiary/aromatic N) is 4. The van der Waals surface area contributed by atoms with Crippen LogP contribution in [0.25, 0.3) is 11.3 Å². The number of benzene rings is 2. The number of aromatic nitrogens is 3. The lowest BCUT2D eigenvalue weighted by molar-refractivity contribution is -0.288. The van der Waals surface area contributed by atoms with Crippen molar-refractivity contribution < 1.29 is 43.2 Å². The van der Waals surface area contributed by atoms with E-state index in [1.807, 2.05) is 76.4 Å². The summed E-state index contributed by atoms with van der Waals surface area (Å²) in [5.74, 6) is -3.38. The predicted molar refractivity (Wildman–Crippen MR) is 245 cm³/mol. The number of rotatable bonds is 12. The number of cyclic esters (lactones) is 1. The second-order valence-electron chi connectivity index (χ2n) is 18.6. The number of nitrogens with two attached hydrogens (primary N) is 2. The molecule has 0 radical (unpaired) electrons. The van der Waals surface area contributed by atoms with Crippen molar-refractivity contribution in [2.75, 3.05) is 25.9 Å². The third-order valence-electron chi connectivity index (χ3n) is 13.4. The highest BCUT2D eigenvalue weighted by atomic mass is 79.9. The predicted octanol–water partition coefficient (Wildman–Crippen LogP) is 5.67. The van der Waals surface area contributed by atoms with Crippen LogP contribution in [0.4, 0.5) is 10.5 Å². The number of unbranched alkanes of at least 4 members (excludes halogenated alkanes) is 1. The van der Waals surface area contributed by atoms with Crippen LogP contribution in [0.3, 0.4) is 0 Å². The Morgan fingerprint density at radius 2 is 1.78 bits per heavy atom. The summed E-state index contributed by atoms with van der Waals surface area (Å²) in [6.45, 7) is 14.2. The fourth-order valence-corrected chi connectivity index (χ4v) is 10.4. The summed E-state index contributed by atoms with van der Waals surface area (Å²) in [6.07, 6.45) is -0.115. The number of aliphatic hydroxyl groups excluding tert-OH is 1. The lowest BCUT2D eigenvalue weighted by atomic mass is 9.78. The second-order valence-corrected chi connectivity index (χ2v) is 19.5. The van der Waals surface area contributed by atoms with Gasteiger partial charge in [-0.3, -0.25) is 19.2 Å². The Hall–Kier alpha value is -3.97. The van der Waals surface area contributed by atoms with Gasteiger partial charge in [-0.25, -0.2) is 4.79 Å². The molecular formula is C47H68BrN7O9. The molecule has 3 saturated heterocycles. The van der Waals surface area contributed by atoms with Gasteiger partial charge in [0.05, 0.1) is 30.0 Å². The molecule has 13 atom stereocenters. The van der Waals surface area contributed by atoms with Crippen LogP contribution in [0.15, 0.2) is 59.2 Å². The highest BCUT2D eigenvalue weighted by Crippen LogP contribution is 2.41. The molecule has 2 unspecified atom stereocenters. The summed E-state index contributed by atoms with van der Waals surface area (Å²) < 4.78 is 34.4. The van der Waals surface area contributed by atoms with Crippen molar-refractivity contribution in [1.82, 2.24) is 25.2 Å². The van der Waals surface area contributed by atoms with Crippen molar-refractivity contribution in [1.29, 1.82) is 0 Å². The topological polar surface area (TPSA) is 216 Å². The zero-order valence-electron chi connectivity index (χ0n) is 38.4. The number of nitrogens with one attached hydrogen (secondary N) is 1. The number of hydrogen-bond acceptors (Lipinski definition) is 14. The number of esters is 1.